The van der Waals surface area contributed by atoms with Crippen molar-refractivity contribution in [2.45, 2.75) is 31.8 Å². The van der Waals surface area contributed by atoms with E-state index < -0.39 is 0 Å². The summed E-state index contributed by atoms with van der Waals surface area (Å²) in [6.45, 7) is 0. The van der Waals surface area contributed by atoms with Crippen molar-refractivity contribution in [2.75, 3.05) is 7.11 Å². The lowest BCUT2D eigenvalue weighted by Crippen LogP contribution is -2.13. The van der Waals surface area contributed by atoms with Crippen LogP contribution in [0.1, 0.15) is 25.7 Å². The second kappa shape index (κ2) is 4.91. The highest BCUT2D eigenvalue weighted by atomic mass is 16.5. The second-order valence-corrected chi connectivity index (χ2v) is 4.81. The number of benzene rings is 1. The number of nitrogens with one attached hydrogen (secondary N) is 1. The van der Waals surface area contributed by atoms with E-state index in [0.717, 1.165) is 18.2 Å². The van der Waals surface area contributed by atoms with Crippen molar-refractivity contribution in [1.29, 1.82) is 0 Å². The molecule has 0 unspecified atom stereocenters. The molecule has 19 heavy (non-hydrogen) atoms. The summed E-state index contributed by atoms with van der Waals surface area (Å²) in [6.07, 6.45) is 6.36. The summed E-state index contributed by atoms with van der Waals surface area (Å²) in [5.74, 6) is 1.28. The van der Waals surface area contributed by atoms with E-state index in [9.17, 15) is 4.79 Å². The number of aromatic amines is 1. The maximum absolute atomic E-state index is 11.8. The molecular formula is C14H16N2O3. The van der Waals surface area contributed by atoms with Gasteiger partial charge in [0.2, 0.25) is 0 Å². The van der Waals surface area contributed by atoms with Crippen molar-refractivity contribution in [3.05, 3.63) is 28.7 Å². The molecule has 2 aromatic rings. The zero-order valence-electron chi connectivity index (χ0n) is 10.8. The van der Waals surface area contributed by atoms with E-state index in [1.165, 1.54) is 12.8 Å². The fourth-order valence-corrected chi connectivity index (χ4v) is 2.54. The fraction of sp³-hybridized carbons (Fsp3) is 0.429. The Morgan fingerprint density at radius 2 is 2.05 bits per heavy atom. The summed E-state index contributed by atoms with van der Waals surface area (Å²) < 4.78 is 11.3. The molecular weight excluding hydrogens is 244 g/mol. The smallest absolute Gasteiger partial charge is 0.272 e. The molecule has 5 nitrogen and oxygen atoms in total. The minimum Gasteiger partial charge on any atom is -0.493 e. The van der Waals surface area contributed by atoms with Crippen molar-refractivity contribution in [2.24, 2.45) is 0 Å². The minimum atomic E-state index is -0.212. The first-order valence-electron chi connectivity index (χ1n) is 6.50. The zero-order valence-corrected chi connectivity index (χ0v) is 10.8. The Morgan fingerprint density at radius 1 is 1.26 bits per heavy atom. The number of H-pyrrole nitrogens is 1. The van der Waals surface area contributed by atoms with Crippen LogP contribution < -0.4 is 15.0 Å². The van der Waals surface area contributed by atoms with Crippen LogP contribution in [0, 0.1) is 0 Å². The molecule has 1 saturated carbocycles. The number of rotatable bonds is 3. The summed E-state index contributed by atoms with van der Waals surface area (Å²) in [7, 11) is 1.60. The molecule has 1 heterocycles. The molecule has 1 aromatic heterocycles. The van der Waals surface area contributed by atoms with E-state index in [2.05, 4.69) is 10.2 Å². The van der Waals surface area contributed by atoms with Gasteiger partial charge in [0.05, 0.1) is 24.8 Å². The predicted molar refractivity (Wildman–Crippen MR) is 71.8 cm³/mol. The Bertz CT molecular complexity index is 645. The molecule has 0 spiro atoms. The van der Waals surface area contributed by atoms with Crippen LogP contribution in [-0.2, 0) is 0 Å². The number of methoxy groups -OCH3 is 1. The van der Waals surface area contributed by atoms with E-state index in [1.807, 2.05) is 0 Å². The van der Waals surface area contributed by atoms with Crippen LogP contribution in [0.25, 0.3) is 10.8 Å². The van der Waals surface area contributed by atoms with Gasteiger partial charge in [-0.15, -0.1) is 0 Å². The molecule has 1 aliphatic rings. The van der Waals surface area contributed by atoms with E-state index in [4.69, 9.17) is 9.47 Å². The van der Waals surface area contributed by atoms with E-state index >= 15 is 0 Å². The first-order valence-corrected chi connectivity index (χ1v) is 6.50. The van der Waals surface area contributed by atoms with Crippen molar-refractivity contribution in [1.82, 2.24) is 10.2 Å². The molecule has 1 N–H and O–H groups in total. The van der Waals surface area contributed by atoms with Gasteiger partial charge in [-0.1, -0.05) is 0 Å². The van der Waals surface area contributed by atoms with Gasteiger partial charge in [0.25, 0.3) is 5.56 Å². The number of fused-ring (bicyclic) bond motifs is 1. The summed E-state index contributed by atoms with van der Waals surface area (Å²) >= 11 is 0. The number of hydrogen-bond donors (Lipinski definition) is 1. The normalized spacial score (nSPS) is 15.8. The third kappa shape index (κ3) is 2.28. The Labute approximate surface area is 110 Å². The summed E-state index contributed by atoms with van der Waals surface area (Å²) in [4.78, 5) is 11.8. The molecule has 100 valence electrons. The van der Waals surface area contributed by atoms with E-state index in [-0.39, 0.29) is 11.7 Å². The topological polar surface area (TPSA) is 64.2 Å². The van der Waals surface area contributed by atoms with Gasteiger partial charge in [0.15, 0.2) is 11.5 Å². The summed E-state index contributed by atoms with van der Waals surface area (Å²) in [5, 5.41) is 7.54. The number of hydrogen-bond acceptors (Lipinski definition) is 4. The SMILES string of the molecule is COc1cc2cn[nH]c(=O)c2cc1OC1CCCC1. The maximum atomic E-state index is 11.8. The molecule has 5 heteroatoms. The van der Waals surface area contributed by atoms with Gasteiger partial charge in [-0.2, -0.15) is 5.10 Å². The third-order valence-corrected chi connectivity index (χ3v) is 3.55. The lowest BCUT2D eigenvalue weighted by Gasteiger charge is -2.16. The van der Waals surface area contributed by atoms with Gasteiger partial charge in [-0.25, -0.2) is 5.10 Å². The van der Waals surface area contributed by atoms with Crippen LogP contribution in [-0.4, -0.2) is 23.4 Å². The fourth-order valence-electron chi connectivity index (χ4n) is 2.54. The average molecular weight is 260 g/mol. The molecule has 1 aliphatic carbocycles. The van der Waals surface area contributed by atoms with Crippen molar-refractivity contribution in [3.8, 4) is 11.5 Å². The highest BCUT2D eigenvalue weighted by Gasteiger charge is 2.19. The molecule has 0 saturated heterocycles. The van der Waals surface area contributed by atoms with Crippen molar-refractivity contribution < 1.29 is 9.47 Å². The zero-order chi connectivity index (χ0) is 13.2. The molecule has 1 fully saturated rings. The van der Waals surface area contributed by atoms with Crippen molar-refractivity contribution >= 4 is 10.8 Å². The predicted octanol–water partition coefficient (Wildman–Crippen LogP) is 2.25. The van der Waals surface area contributed by atoms with Gasteiger partial charge >= 0.3 is 0 Å². The van der Waals surface area contributed by atoms with Gasteiger partial charge in [-0.05, 0) is 37.8 Å². The Hall–Kier alpha value is -2.04. The lowest BCUT2D eigenvalue weighted by atomic mass is 10.1. The standard InChI is InChI=1S/C14H16N2O3/c1-18-12-6-9-8-15-16-14(17)11(9)7-13(12)19-10-4-2-3-5-10/h6-8,10H,2-5H2,1H3,(H,16,17). The third-order valence-electron chi connectivity index (χ3n) is 3.55. The molecule has 3 rings (SSSR count). The maximum Gasteiger partial charge on any atom is 0.272 e. The van der Waals surface area contributed by atoms with Gasteiger partial charge in [0, 0.05) is 5.39 Å². The second-order valence-electron chi connectivity index (χ2n) is 4.81. The van der Waals surface area contributed by atoms with Gasteiger partial charge in [-0.3, -0.25) is 4.79 Å². The molecule has 0 radical (unpaired) electrons. The highest BCUT2D eigenvalue weighted by molar-refractivity contribution is 5.84. The number of ether oxygens (including phenoxy) is 2. The van der Waals surface area contributed by atoms with E-state index in [0.29, 0.717) is 16.9 Å². The number of aromatic nitrogens is 2. The van der Waals surface area contributed by atoms with Crippen LogP contribution in [0.3, 0.4) is 0 Å². The average Bonchev–Trinajstić information content (AvgIpc) is 2.92. The molecule has 0 atom stereocenters. The van der Waals surface area contributed by atoms with Crippen LogP contribution in [0.2, 0.25) is 0 Å². The molecule has 0 bridgehead atoms. The Morgan fingerprint density at radius 3 is 2.79 bits per heavy atom. The van der Waals surface area contributed by atoms with Crippen LogP contribution >= 0.6 is 0 Å². The quantitative estimate of drug-likeness (QED) is 0.919. The first kappa shape index (κ1) is 12.0. The molecule has 0 aliphatic heterocycles. The van der Waals surface area contributed by atoms with Crippen LogP contribution in [0.15, 0.2) is 23.1 Å². The summed E-state index contributed by atoms with van der Waals surface area (Å²) in [6, 6.07) is 3.54. The first-order chi connectivity index (χ1) is 9.28. The van der Waals surface area contributed by atoms with Crippen LogP contribution in [0.5, 0.6) is 11.5 Å². The Balaban J connectivity index is 2.05. The monoisotopic (exact) mass is 260 g/mol. The van der Waals surface area contributed by atoms with Gasteiger partial charge < -0.3 is 9.47 Å². The van der Waals surface area contributed by atoms with E-state index in [1.54, 1.807) is 25.4 Å². The molecule has 1 aromatic carbocycles. The van der Waals surface area contributed by atoms with Crippen molar-refractivity contribution in [3.63, 3.8) is 0 Å². The lowest BCUT2D eigenvalue weighted by molar-refractivity contribution is 0.201. The minimum absolute atomic E-state index is 0.212. The highest BCUT2D eigenvalue weighted by Crippen LogP contribution is 2.34. The summed E-state index contributed by atoms with van der Waals surface area (Å²) in [5.41, 5.74) is -0.212. The number of nitrogens with zero attached hydrogens (tertiary/aromatic N) is 1. The van der Waals surface area contributed by atoms with Gasteiger partial charge in [0.1, 0.15) is 0 Å². The largest absolute Gasteiger partial charge is 0.493 e. The molecule has 0 amide bonds. The Kier molecular flexibility index (Phi) is 3.11. The van der Waals surface area contributed by atoms with Crippen LogP contribution in [0.4, 0.5) is 0 Å².